The Balaban J connectivity index is 1.38. The van der Waals surface area contributed by atoms with E-state index >= 15 is 0 Å². The van der Waals surface area contributed by atoms with Crippen molar-refractivity contribution in [2.45, 2.75) is 45.6 Å². The molecule has 1 aromatic carbocycles. The molecule has 0 bridgehead atoms. The largest absolute Gasteiger partial charge is 0.356 e. The van der Waals surface area contributed by atoms with Crippen molar-refractivity contribution in [3.05, 3.63) is 30.1 Å². The lowest BCUT2D eigenvalue weighted by Crippen LogP contribution is -2.40. The lowest BCUT2D eigenvalue weighted by atomic mass is 10.2. The number of nitrogens with one attached hydrogen (secondary N) is 2. The van der Waals surface area contributed by atoms with Crippen LogP contribution in [0, 0.1) is 6.92 Å². The van der Waals surface area contributed by atoms with Crippen molar-refractivity contribution in [3.63, 3.8) is 0 Å². The Labute approximate surface area is 163 Å². The van der Waals surface area contributed by atoms with Crippen LogP contribution in [0.2, 0.25) is 0 Å². The van der Waals surface area contributed by atoms with Crippen molar-refractivity contribution >= 4 is 17.0 Å². The monoisotopic (exact) mass is 370 g/mol. The molecule has 2 aromatic rings. The van der Waals surface area contributed by atoms with Crippen LogP contribution in [0.15, 0.2) is 29.3 Å². The van der Waals surface area contributed by atoms with Gasteiger partial charge in [0, 0.05) is 26.7 Å². The minimum atomic E-state index is 0.826. The highest BCUT2D eigenvalue weighted by atomic mass is 15.2. The smallest absolute Gasteiger partial charge is 0.191 e. The Morgan fingerprint density at radius 3 is 2.56 bits per heavy atom. The lowest BCUT2D eigenvalue weighted by molar-refractivity contribution is 0.282. The molecule has 148 valence electrons. The van der Waals surface area contributed by atoms with E-state index in [9.17, 15) is 0 Å². The van der Waals surface area contributed by atoms with Gasteiger partial charge < -0.3 is 20.1 Å². The number of nitrogens with zero attached hydrogens (tertiary/aromatic N) is 4. The molecule has 0 radical (unpaired) electrons. The molecule has 1 aliphatic rings. The van der Waals surface area contributed by atoms with Gasteiger partial charge in [-0.25, -0.2) is 4.98 Å². The number of aliphatic imine (C=N–C) groups is 1. The second-order valence-corrected chi connectivity index (χ2v) is 7.33. The molecule has 6 nitrogen and oxygen atoms in total. The summed E-state index contributed by atoms with van der Waals surface area (Å²) in [5.41, 5.74) is 2.25. The van der Waals surface area contributed by atoms with Crippen LogP contribution in [0.25, 0.3) is 11.0 Å². The molecule has 6 heteroatoms. The minimum Gasteiger partial charge on any atom is -0.356 e. The molecule has 1 saturated heterocycles. The molecular formula is C21H34N6. The third-order valence-electron chi connectivity index (χ3n) is 5.34. The number of likely N-dealkylation sites (tertiary alicyclic amines) is 1. The maximum absolute atomic E-state index is 4.63. The van der Waals surface area contributed by atoms with Gasteiger partial charge in [0.15, 0.2) is 5.96 Å². The Morgan fingerprint density at radius 2 is 1.78 bits per heavy atom. The summed E-state index contributed by atoms with van der Waals surface area (Å²) in [7, 11) is 1.84. The van der Waals surface area contributed by atoms with E-state index in [0.29, 0.717) is 0 Å². The maximum atomic E-state index is 4.63. The average molecular weight is 371 g/mol. The fraction of sp³-hybridized carbons (Fsp3) is 0.619. The maximum Gasteiger partial charge on any atom is 0.191 e. The minimum absolute atomic E-state index is 0.826. The highest BCUT2D eigenvalue weighted by Crippen LogP contribution is 2.14. The first-order valence-corrected chi connectivity index (χ1v) is 10.4. The fourth-order valence-electron chi connectivity index (χ4n) is 3.85. The SMILES string of the molecule is CN=C(NCCCN1CCCCCC1)NCCn1c(C)nc2ccccc21. The number of aromatic nitrogens is 2. The lowest BCUT2D eigenvalue weighted by Gasteiger charge is -2.20. The third kappa shape index (κ3) is 5.70. The molecule has 2 N–H and O–H groups in total. The van der Waals surface area contributed by atoms with Gasteiger partial charge in [-0.1, -0.05) is 25.0 Å². The van der Waals surface area contributed by atoms with Crippen LogP contribution >= 0.6 is 0 Å². The van der Waals surface area contributed by atoms with Gasteiger partial charge in [-0.2, -0.15) is 0 Å². The number of fused-ring (bicyclic) bond motifs is 1. The third-order valence-corrected chi connectivity index (χ3v) is 5.34. The molecule has 0 atom stereocenters. The fourth-order valence-corrected chi connectivity index (χ4v) is 3.85. The van der Waals surface area contributed by atoms with Crippen LogP contribution in [0.4, 0.5) is 0 Å². The van der Waals surface area contributed by atoms with Gasteiger partial charge in [-0.3, -0.25) is 4.99 Å². The first-order chi connectivity index (χ1) is 13.3. The number of imidazole rings is 1. The summed E-state index contributed by atoms with van der Waals surface area (Å²) >= 11 is 0. The van der Waals surface area contributed by atoms with E-state index < -0.39 is 0 Å². The van der Waals surface area contributed by atoms with Gasteiger partial charge in [-0.05, 0) is 58.0 Å². The predicted molar refractivity (Wildman–Crippen MR) is 113 cm³/mol. The van der Waals surface area contributed by atoms with Gasteiger partial charge >= 0.3 is 0 Å². The molecule has 0 unspecified atom stereocenters. The number of hydrogen-bond acceptors (Lipinski definition) is 3. The Morgan fingerprint density at radius 1 is 1.04 bits per heavy atom. The second-order valence-electron chi connectivity index (χ2n) is 7.33. The molecule has 0 saturated carbocycles. The molecule has 3 rings (SSSR count). The summed E-state index contributed by atoms with van der Waals surface area (Å²) in [6, 6.07) is 8.30. The van der Waals surface area contributed by atoms with Gasteiger partial charge in [0.25, 0.3) is 0 Å². The molecule has 0 amide bonds. The van der Waals surface area contributed by atoms with Crippen LogP contribution in [-0.2, 0) is 6.54 Å². The van der Waals surface area contributed by atoms with E-state index in [4.69, 9.17) is 0 Å². The van der Waals surface area contributed by atoms with E-state index in [2.05, 4.69) is 55.2 Å². The van der Waals surface area contributed by atoms with E-state index in [1.807, 2.05) is 13.1 Å². The van der Waals surface area contributed by atoms with Crippen molar-refractivity contribution in [3.8, 4) is 0 Å². The zero-order chi connectivity index (χ0) is 18.9. The molecule has 0 aliphatic carbocycles. The van der Waals surface area contributed by atoms with Gasteiger partial charge in [0.1, 0.15) is 5.82 Å². The topological polar surface area (TPSA) is 57.5 Å². The number of aryl methyl sites for hydroxylation is 1. The summed E-state index contributed by atoms with van der Waals surface area (Å²) in [6.45, 7) is 8.45. The summed E-state index contributed by atoms with van der Waals surface area (Å²) in [4.78, 5) is 11.6. The molecule has 2 heterocycles. The van der Waals surface area contributed by atoms with Crippen LogP contribution in [0.3, 0.4) is 0 Å². The van der Waals surface area contributed by atoms with Gasteiger partial charge in [0.2, 0.25) is 0 Å². The molecule has 0 spiro atoms. The highest BCUT2D eigenvalue weighted by Gasteiger charge is 2.09. The summed E-state index contributed by atoms with van der Waals surface area (Å²) in [5.74, 6) is 1.94. The number of benzene rings is 1. The highest BCUT2D eigenvalue weighted by molar-refractivity contribution is 5.79. The summed E-state index contributed by atoms with van der Waals surface area (Å²) in [5, 5.41) is 6.87. The summed E-state index contributed by atoms with van der Waals surface area (Å²) < 4.78 is 2.26. The molecule has 27 heavy (non-hydrogen) atoms. The molecule has 1 aromatic heterocycles. The average Bonchev–Trinajstić information content (AvgIpc) is 2.85. The molecule has 1 fully saturated rings. The molecular weight excluding hydrogens is 336 g/mol. The van der Waals surface area contributed by atoms with E-state index in [1.54, 1.807) is 0 Å². The Kier molecular flexibility index (Phi) is 7.51. The number of para-hydroxylation sites is 2. The summed E-state index contributed by atoms with van der Waals surface area (Å²) in [6.07, 6.45) is 6.68. The van der Waals surface area contributed by atoms with Crippen molar-refractivity contribution in [1.29, 1.82) is 0 Å². The van der Waals surface area contributed by atoms with Gasteiger partial charge in [-0.15, -0.1) is 0 Å². The predicted octanol–water partition coefficient (Wildman–Crippen LogP) is 2.78. The Hall–Kier alpha value is -2.08. The first kappa shape index (κ1) is 19.7. The van der Waals surface area contributed by atoms with Gasteiger partial charge in [0.05, 0.1) is 11.0 Å². The van der Waals surface area contributed by atoms with Crippen molar-refractivity contribution < 1.29 is 0 Å². The van der Waals surface area contributed by atoms with Crippen molar-refractivity contribution in [2.75, 3.05) is 39.8 Å². The first-order valence-electron chi connectivity index (χ1n) is 10.4. The number of rotatable bonds is 7. The quantitative estimate of drug-likeness (QED) is 0.447. The van der Waals surface area contributed by atoms with Crippen LogP contribution in [0.5, 0.6) is 0 Å². The normalized spacial score (nSPS) is 16.4. The molecule has 1 aliphatic heterocycles. The second kappa shape index (κ2) is 10.3. The Bertz CT molecular complexity index is 727. The standard InChI is InChI=1S/C21H34N6/c1-18-25-19-10-5-6-11-20(19)27(18)17-13-24-21(22-2)23-12-9-16-26-14-7-3-4-8-15-26/h5-6,10-11H,3-4,7-9,12-17H2,1-2H3,(H2,22,23,24). The van der Waals surface area contributed by atoms with Crippen LogP contribution < -0.4 is 10.6 Å². The zero-order valence-corrected chi connectivity index (χ0v) is 16.9. The number of hydrogen-bond donors (Lipinski definition) is 2. The van der Waals surface area contributed by atoms with E-state index in [-0.39, 0.29) is 0 Å². The van der Waals surface area contributed by atoms with Crippen LogP contribution in [0.1, 0.15) is 37.9 Å². The van der Waals surface area contributed by atoms with Crippen molar-refractivity contribution in [1.82, 2.24) is 25.1 Å². The number of guanidine groups is 1. The van der Waals surface area contributed by atoms with Crippen LogP contribution in [-0.4, -0.2) is 60.2 Å². The van der Waals surface area contributed by atoms with Crippen molar-refractivity contribution in [2.24, 2.45) is 4.99 Å². The zero-order valence-electron chi connectivity index (χ0n) is 16.9. The van der Waals surface area contributed by atoms with E-state index in [0.717, 1.165) is 43.4 Å². The van der Waals surface area contributed by atoms with E-state index in [1.165, 1.54) is 50.8 Å².